The molecule has 7 heavy (non-hydrogen) atoms. The number of hydrogen-bond donors (Lipinski definition) is 1. The molecule has 3 heteroatoms. The second kappa shape index (κ2) is 2.26. The van der Waals surface area contributed by atoms with Crippen molar-refractivity contribution < 1.29 is 9.47 Å². The lowest BCUT2D eigenvalue weighted by Crippen LogP contribution is -2.21. The van der Waals surface area contributed by atoms with Gasteiger partial charge in [0.15, 0.2) is 0 Å². The van der Waals surface area contributed by atoms with E-state index in [1.807, 2.05) is 0 Å². The molecule has 1 rings (SSSR count). The molecule has 1 atom stereocenters. The standard InChI is InChI=1S/C4H8NO2/c5-1-4-2-6-3-7-4/h3-4H,1-2,5H2. The second-order valence-corrected chi connectivity index (χ2v) is 1.42. The van der Waals surface area contributed by atoms with Crippen molar-refractivity contribution >= 4 is 0 Å². The molecular formula is C4H8NO2. The molecule has 2 N–H and O–H groups in total. The monoisotopic (exact) mass is 102 g/mol. The van der Waals surface area contributed by atoms with Crippen LogP contribution in [0.3, 0.4) is 0 Å². The lowest BCUT2D eigenvalue weighted by Gasteiger charge is -1.98. The van der Waals surface area contributed by atoms with E-state index < -0.39 is 0 Å². The van der Waals surface area contributed by atoms with Crippen LogP contribution in [0, 0.1) is 6.79 Å². The maximum atomic E-state index is 5.21. The van der Waals surface area contributed by atoms with Gasteiger partial charge in [-0.3, -0.25) is 0 Å². The molecule has 1 aliphatic heterocycles. The van der Waals surface area contributed by atoms with E-state index in [9.17, 15) is 0 Å². The van der Waals surface area contributed by atoms with E-state index in [1.54, 1.807) is 0 Å². The first-order valence-electron chi connectivity index (χ1n) is 2.22. The van der Waals surface area contributed by atoms with Crippen molar-refractivity contribution in [1.82, 2.24) is 0 Å². The summed E-state index contributed by atoms with van der Waals surface area (Å²) < 4.78 is 9.55. The molecule has 1 radical (unpaired) electrons. The fraction of sp³-hybridized carbons (Fsp3) is 0.750. The first kappa shape index (κ1) is 5.03. The number of hydrogen-bond acceptors (Lipinski definition) is 3. The Balaban J connectivity index is 2.14. The highest BCUT2D eigenvalue weighted by molar-refractivity contribution is 4.62. The summed E-state index contributed by atoms with van der Waals surface area (Å²) in [5.41, 5.74) is 5.21. The summed E-state index contributed by atoms with van der Waals surface area (Å²) in [7, 11) is 0. The Morgan fingerprint density at radius 3 is 3.00 bits per heavy atom. The van der Waals surface area contributed by atoms with Crippen molar-refractivity contribution in [2.75, 3.05) is 13.2 Å². The molecule has 1 saturated heterocycles. The summed E-state index contributed by atoms with van der Waals surface area (Å²) in [6.45, 7) is 2.48. The molecule has 0 spiro atoms. The fourth-order valence-corrected chi connectivity index (χ4v) is 0.427. The maximum absolute atomic E-state index is 5.21. The fourth-order valence-electron chi connectivity index (χ4n) is 0.427. The van der Waals surface area contributed by atoms with Crippen LogP contribution >= 0.6 is 0 Å². The zero-order valence-corrected chi connectivity index (χ0v) is 3.96. The summed E-state index contributed by atoms with van der Waals surface area (Å²) in [4.78, 5) is 0. The van der Waals surface area contributed by atoms with Crippen molar-refractivity contribution in [1.29, 1.82) is 0 Å². The lowest BCUT2D eigenvalue weighted by molar-refractivity contribution is 0.131. The van der Waals surface area contributed by atoms with Crippen molar-refractivity contribution in [3.05, 3.63) is 6.79 Å². The van der Waals surface area contributed by atoms with Gasteiger partial charge in [-0.2, -0.15) is 0 Å². The van der Waals surface area contributed by atoms with E-state index in [4.69, 9.17) is 15.2 Å². The van der Waals surface area contributed by atoms with E-state index in [-0.39, 0.29) is 6.10 Å². The molecule has 3 nitrogen and oxygen atoms in total. The van der Waals surface area contributed by atoms with Crippen LogP contribution in [0.15, 0.2) is 0 Å². The van der Waals surface area contributed by atoms with Crippen LogP contribution < -0.4 is 5.73 Å². The summed E-state index contributed by atoms with van der Waals surface area (Å²) in [5, 5.41) is 0. The zero-order chi connectivity index (χ0) is 5.11. The molecule has 1 fully saturated rings. The topological polar surface area (TPSA) is 44.5 Å². The molecule has 1 unspecified atom stereocenters. The Bertz CT molecular complexity index is 51.7. The van der Waals surface area contributed by atoms with E-state index in [2.05, 4.69) is 0 Å². The van der Waals surface area contributed by atoms with Crippen molar-refractivity contribution in [2.24, 2.45) is 5.73 Å². The van der Waals surface area contributed by atoms with Gasteiger partial charge in [0.05, 0.1) is 12.7 Å². The van der Waals surface area contributed by atoms with Gasteiger partial charge in [0, 0.05) is 6.54 Å². The zero-order valence-electron chi connectivity index (χ0n) is 3.96. The normalized spacial score (nSPS) is 31.3. The van der Waals surface area contributed by atoms with Crippen LogP contribution in [0.5, 0.6) is 0 Å². The summed E-state index contributed by atoms with van der Waals surface area (Å²) in [6.07, 6.45) is 0.0972. The molecule has 0 saturated carbocycles. The Kier molecular flexibility index (Phi) is 1.62. The van der Waals surface area contributed by atoms with Gasteiger partial charge >= 0.3 is 0 Å². The van der Waals surface area contributed by atoms with Crippen molar-refractivity contribution in [3.8, 4) is 0 Å². The van der Waals surface area contributed by atoms with E-state index in [0.29, 0.717) is 13.2 Å². The van der Waals surface area contributed by atoms with Gasteiger partial charge in [-0.05, 0) is 0 Å². The number of ether oxygens (including phenoxy) is 2. The largest absolute Gasteiger partial charge is 0.345 e. The van der Waals surface area contributed by atoms with E-state index in [0.717, 1.165) is 0 Å². The minimum Gasteiger partial charge on any atom is -0.345 e. The van der Waals surface area contributed by atoms with E-state index >= 15 is 0 Å². The van der Waals surface area contributed by atoms with Gasteiger partial charge < -0.3 is 15.2 Å². The van der Waals surface area contributed by atoms with Gasteiger partial charge in [-0.1, -0.05) is 0 Å². The third kappa shape index (κ3) is 1.12. The van der Waals surface area contributed by atoms with Crippen LogP contribution in [-0.4, -0.2) is 19.3 Å². The van der Waals surface area contributed by atoms with Gasteiger partial charge in [0.25, 0.3) is 0 Å². The second-order valence-electron chi connectivity index (χ2n) is 1.42. The van der Waals surface area contributed by atoms with Gasteiger partial charge in [0.2, 0.25) is 6.79 Å². The third-order valence-electron chi connectivity index (χ3n) is 0.861. The molecule has 0 aromatic carbocycles. The summed E-state index contributed by atoms with van der Waals surface area (Å²) >= 11 is 0. The third-order valence-corrected chi connectivity index (χ3v) is 0.861. The van der Waals surface area contributed by atoms with Gasteiger partial charge in [-0.25, -0.2) is 0 Å². The number of rotatable bonds is 1. The van der Waals surface area contributed by atoms with Crippen LogP contribution in [0.4, 0.5) is 0 Å². The SMILES string of the molecule is NCC1CO[CH]O1. The smallest absolute Gasteiger partial charge is 0.209 e. The van der Waals surface area contributed by atoms with Crippen LogP contribution in [0.2, 0.25) is 0 Å². The molecule has 1 heterocycles. The molecule has 0 bridgehead atoms. The molecule has 1 aliphatic rings. The molecule has 0 aromatic heterocycles. The average molecular weight is 102 g/mol. The minimum absolute atomic E-state index is 0.0972. The van der Waals surface area contributed by atoms with Crippen LogP contribution in [0.25, 0.3) is 0 Å². The molecule has 0 amide bonds. The summed E-state index contributed by atoms with van der Waals surface area (Å²) in [6, 6.07) is 0. The minimum atomic E-state index is 0.0972. The quantitative estimate of drug-likeness (QED) is 0.484. The summed E-state index contributed by atoms with van der Waals surface area (Å²) in [5.74, 6) is 0. The Morgan fingerprint density at radius 1 is 1.86 bits per heavy atom. The first-order valence-corrected chi connectivity index (χ1v) is 2.22. The lowest BCUT2D eigenvalue weighted by atomic mass is 10.4. The Hall–Kier alpha value is -0.120. The molecule has 41 valence electrons. The van der Waals surface area contributed by atoms with Crippen molar-refractivity contribution in [3.63, 3.8) is 0 Å². The Labute approximate surface area is 42.4 Å². The van der Waals surface area contributed by atoms with Gasteiger partial charge in [0.1, 0.15) is 0 Å². The molecule has 0 aromatic rings. The Morgan fingerprint density at radius 2 is 2.71 bits per heavy atom. The molecular weight excluding hydrogens is 94.0 g/mol. The molecule has 0 aliphatic carbocycles. The highest BCUT2D eigenvalue weighted by atomic mass is 16.7. The van der Waals surface area contributed by atoms with Crippen molar-refractivity contribution in [2.45, 2.75) is 6.10 Å². The maximum Gasteiger partial charge on any atom is 0.209 e. The highest BCUT2D eigenvalue weighted by Gasteiger charge is 2.13. The van der Waals surface area contributed by atoms with E-state index in [1.165, 1.54) is 6.79 Å². The van der Waals surface area contributed by atoms with Gasteiger partial charge in [-0.15, -0.1) is 0 Å². The number of nitrogens with two attached hydrogens (primary N) is 1. The van der Waals surface area contributed by atoms with Crippen LogP contribution in [0.1, 0.15) is 0 Å². The predicted octanol–water partition coefficient (Wildman–Crippen LogP) is -0.520. The average Bonchev–Trinajstić information content (AvgIpc) is 2.14. The first-order chi connectivity index (χ1) is 3.43. The highest BCUT2D eigenvalue weighted by Crippen LogP contribution is 2.03. The van der Waals surface area contributed by atoms with Crippen LogP contribution in [-0.2, 0) is 9.47 Å². The predicted molar refractivity (Wildman–Crippen MR) is 24.2 cm³/mol.